The summed E-state index contributed by atoms with van der Waals surface area (Å²) >= 11 is 0. The van der Waals surface area contributed by atoms with Gasteiger partial charge in [0.1, 0.15) is 6.54 Å². The van der Waals surface area contributed by atoms with E-state index < -0.39 is 0 Å². The summed E-state index contributed by atoms with van der Waals surface area (Å²) in [5.41, 5.74) is 0.338. The first-order valence-electron chi connectivity index (χ1n) is 8.98. The van der Waals surface area contributed by atoms with E-state index in [-0.39, 0.29) is 12.5 Å². The molecular weight excluding hydrogens is 292 g/mol. The van der Waals surface area contributed by atoms with Crippen LogP contribution in [0.5, 0.6) is 0 Å². The largest absolute Gasteiger partial charge is 0.385 e. The van der Waals surface area contributed by atoms with Crippen LogP contribution in [0, 0.1) is 5.41 Å². The zero-order valence-electron chi connectivity index (χ0n) is 14.7. The summed E-state index contributed by atoms with van der Waals surface area (Å²) in [5, 5.41) is 6.67. The standard InChI is InChI=1S/C17H32N4O2/c1-3-18-16(19-13-15(22)21-10-4-5-11-21)20-14-17(7-6-8-17)9-12-23-2/h3-14H2,1-2H3,(H2,18,19,20). The van der Waals surface area contributed by atoms with Crippen molar-refractivity contribution in [2.45, 2.75) is 45.4 Å². The minimum atomic E-state index is 0.137. The fourth-order valence-electron chi connectivity index (χ4n) is 3.34. The Morgan fingerprint density at radius 3 is 2.52 bits per heavy atom. The fraction of sp³-hybridized carbons (Fsp3) is 0.882. The van der Waals surface area contributed by atoms with Gasteiger partial charge in [-0.25, -0.2) is 4.99 Å². The third kappa shape index (κ3) is 5.37. The molecule has 2 rings (SSSR count). The highest BCUT2D eigenvalue weighted by Gasteiger charge is 2.36. The van der Waals surface area contributed by atoms with Gasteiger partial charge in [0.25, 0.3) is 0 Å². The summed E-state index contributed by atoms with van der Waals surface area (Å²) in [7, 11) is 1.76. The molecule has 2 aliphatic rings. The van der Waals surface area contributed by atoms with E-state index in [4.69, 9.17) is 4.74 Å². The molecule has 132 valence electrons. The topological polar surface area (TPSA) is 66.0 Å². The van der Waals surface area contributed by atoms with Gasteiger partial charge in [0.15, 0.2) is 5.96 Å². The lowest BCUT2D eigenvalue weighted by Gasteiger charge is -2.42. The van der Waals surface area contributed by atoms with Crippen LogP contribution in [-0.2, 0) is 9.53 Å². The lowest BCUT2D eigenvalue weighted by Crippen LogP contribution is -2.47. The maximum atomic E-state index is 12.1. The van der Waals surface area contributed by atoms with Crippen LogP contribution in [0.25, 0.3) is 0 Å². The summed E-state index contributed by atoms with van der Waals surface area (Å²) < 4.78 is 5.24. The van der Waals surface area contributed by atoms with E-state index in [1.807, 2.05) is 11.8 Å². The van der Waals surface area contributed by atoms with Crippen LogP contribution in [0.3, 0.4) is 0 Å². The highest BCUT2D eigenvalue weighted by atomic mass is 16.5. The molecule has 1 aliphatic heterocycles. The van der Waals surface area contributed by atoms with Gasteiger partial charge in [-0.2, -0.15) is 0 Å². The van der Waals surface area contributed by atoms with E-state index in [0.29, 0.717) is 5.41 Å². The Morgan fingerprint density at radius 2 is 1.96 bits per heavy atom. The van der Waals surface area contributed by atoms with Crippen LogP contribution < -0.4 is 10.6 Å². The van der Waals surface area contributed by atoms with Gasteiger partial charge in [0.05, 0.1) is 0 Å². The highest BCUT2D eigenvalue weighted by molar-refractivity contribution is 5.85. The quantitative estimate of drug-likeness (QED) is 0.523. The second-order valence-corrected chi connectivity index (χ2v) is 6.73. The number of ether oxygens (including phenoxy) is 1. The van der Waals surface area contributed by atoms with Gasteiger partial charge in [-0.1, -0.05) is 6.42 Å². The summed E-state index contributed by atoms with van der Waals surface area (Å²) in [6.45, 7) is 6.57. The van der Waals surface area contributed by atoms with Gasteiger partial charge in [-0.3, -0.25) is 4.79 Å². The Bertz CT molecular complexity index is 401. The van der Waals surface area contributed by atoms with Gasteiger partial charge < -0.3 is 20.3 Å². The number of aliphatic imine (C=N–C) groups is 1. The maximum absolute atomic E-state index is 12.1. The smallest absolute Gasteiger partial charge is 0.244 e. The number of nitrogens with zero attached hydrogens (tertiary/aromatic N) is 2. The summed E-state index contributed by atoms with van der Waals surface area (Å²) in [6, 6.07) is 0. The molecule has 1 aliphatic carbocycles. The molecule has 0 radical (unpaired) electrons. The summed E-state index contributed by atoms with van der Waals surface area (Å²) in [5.74, 6) is 0.890. The SMILES string of the molecule is CCNC(=NCC(=O)N1CCCC1)NCC1(CCOC)CCC1. The Morgan fingerprint density at radius 1 is 1.22 bits per heavy atom. The number of guanidine groups is 1. The molecule has 23 heavy (non-hydrogen) atoms. The predicted octanol–water partition coefficient (Wildman–Crippen LogP) is 1.37. The van der Waals surface area contributed by atoms with Crippen LogP contribution in [0.15, 0.2) is 4.99 Å². The number of methoxy groups -OCH3 is 1. The molecule has 0 aromatic rings. The second kappa shape index (κ2) is 9.11. The molecule has 0 aromatic heterocycles. The van der Waals surface area contributed by atoms with Crippen molar-refractivity contribution in [3.8, 4) is 0 Å². The first kappa shape index (κ1) is 18.0. The van der Waals surface area contributed by atoms with Crippen LogP contribution in [-0.4, -0.2) is 63.2 Å². The van der Waals surface area contributed by atoms with Crippen molar-refractivity contribution in [1.82, 2.24) is 15.5 Å². The number of likely N-dealkylation sites (tertiary alicyclic amines) is 1. The molecule has 0 unspecified atom stereocenters. The van der Waals surface area contributed by atoms with Crippen molar-refractivity contribution < 1.29 is 9.53 Å². The Hall–Kier alpha value is -1.30. The monoisotopic (exact) mass is 324 g/mol. The number of rotatable bonds is 8. The molecule has 1 heterocycles. The highest BCUT2D eigenvalue weighted by Crippen LogP contribution is 2.43. The number of hydrogen-bond acceptors (Lipinski definition) is 3. The third-order valence-electron chi connectivity index (χ3n) is 5.06. The normalized spacial score (nSPS) is 20.3. The zero-order valence-corrected chi connectivity index (χ0v) is 14.7. The molecular formula is C17H32N4O2. The van der Waals surface area contributed by atoms with Crippen molar-refractivity contribution in [2.75, 3.05) is 46.4 Å². The molecule has 1 saturated heterocycles. The van der Waals surface area contributed by atoms with Crippen LogP contribution in [0.2, 0.25) is 0 Å². The maximum Gasteiger partial charge on any atom is 0.244 e. The van der Waals surface area contributed by atoms with E-state index in [0.717, 1.165) is 58.0 Å². The molecule has 1 amide bonds. The molecule has 0 bridgehead atoms. The summed E-state index contributed by atoms with van der Waals surface area (Å²) in [4.78, 5) is 18.5. The number of carbonyl (C=O) groups excluding carboxylic acids is 1. The lowest BCUT2D eigenvalue weighted by atomic mass is 9.67. The van der Waals surface area contributed by atoms with Crippen LogP contribution in [0.4, 0.5) is 0 Å². The van der Waals surface area contributed by atoms with Crippen molar-refractivity contribution >= 4 is 11.9 Å². The molecule has 0 aromatic carbocycles. The van der Waals surface area contributed by atoms with Gasteiger partial charge in [-0.05, 0) is 44.4 Å². The number of amides is 1. The fourth-order valence-corrected chi connectivity index (χ4v) is 3.34. The molecule has 2 N–H and O–H groups in total. The van der Waals surface area contributed by atoms with Crippen molar-refractivity contribution in [3.05, 3.63) is 0 Å². The van der Waals surface area contributed by atoms with E-state index in [1.54, 1.807) is 7.11 Å². The first-order chi connectivity index (χ1) is 11.2. The lowest BCUT2D eigenvalue weighted by molar-refractivity contribution is -0.128. The number of hydrogen-bond donors (Lipinski definition) is 2. The van der Waals surface area contributed by atoms with E-state index >= 15 is 0 Å². The first-order valence-corrected chi connectivity index (χ1v) is 8.98. The van der Waals surface area contributed by atoms with E-state index in [2.05, 4.69) is 15.6 Å². The van der Waals surface area contributed by atoms with Gasteiger partial charge >= 0.3 is 0 Å². The second-order valence-electron chi connectivity index (χ2n) is 6.73. The molecule has 6 nitrogen and oxygen atoms in total. The zero-order chi connectivity index (χ0) is 16.5. The Labute approximate surface area is 140 Å². The van der Waals surface area contributed by atoms with Crippen LogP contribution >= 0.6 is 0 Å². The molecule has 0 spiro atoms. The predicted molar refractivity (Wildman–Crippen MR) is 92.6 cm³/mol. The molecule has 1 saturated carbocycles. The van der Waals surface area contributed by atoms with Crippen molar-refractivity contribution in [1.29, 1.82) is 0 Å². The average molecular weight is 324 g/mol. The minimum Gasteiger partial charge on any atom is -0.385 e. The number of nitrogens with one attached hydrogen (secondary N) is 2. The van der Waals surface area contributed by atoms with E-state index in [9.17, 15) is 4.79 Å². The molecule has 6 heteroatoms. The van der Waals surface area contributed by atoms with Crippen molar-refractivity contribution in [2.24, 2.45) is 10.4 Å². The number of carbonyl (C=O) groups is 1. The Kier molecular flexibility index (Phi) is 7.15. The molecule has 0 atom stereocenters. The van der Waals surface area contributed by atoms with Gasteiger partial charge in [-0.15, -0.1) is 0 Å². The average Bonchev–Trinajstić information content (AvgIpc) is 3.05. The summed E-state index contributed by atoms with van der Waals surface area (Å²) in [6.07, 6.45) is 7.12. The van der Waals surface area contributed by atoms with Gasteiger partial charge in [0.2, 0.25) is 5.91 Å². The van der Waals surface area contributed by atoms with E-state index in [1.165, 1.54) is 19.3 Å². The third-order valence-corrected chi connectivity index (χ3v) is 5.06. The molecule has 2 fully saturated rings. The van der Waals surface area contributed by atoms with Crippen molar-refractivity contribution in [3.63, 3.8) is 0 Å². The Balaban J connectivity index is 1.82. The van der Waals surface area contributed by atoms with Crippen LogP contribution in [0.1, 0.15) is 45.4 Å². The minimum absolute atomic E-state index is 0.137. The van der Waals surface area contributed by atoms with Gasteiger partial charge in [0, 0.05) is 39.9 Å².